The van der Waals surface area contributed by atoms with E-state index in [0.717, 1.165) is 0 Å². The first-order valence-electron chi connectivity index (χ1n) is 4.71. The fourth-order valence-electron chi connectivity index (χ4n) is 1.15. The van der Waals surface area contributed by atoms with Gasteiger partial charge in [0.25, 0.3) is 0 Å². The lowest BCUT2D eigenvalue weighted by atomic mass is 10.2. The number of hydrogen-bond acceptors (Lipinski definition) is 2. The van der Waals surface area contributed by atoms with Crippen molar-refractivity contribution in [2.45, 2.75) is 25.3 Å². The highest BCUT2D eigenvalue weighted by molar-refractivity contribution is 5.08. The Labute approximate surface area is 90.4 Å². The Morgan fingerprint density at radius 3 is 2.56 bits per heavy atom. The minimum absolute atomic E-state index is 0.446. The zero-order valence-electron chi connectivity index (χ0n) is 8.92. The van der Waals surface area contributed by atoms with Crippen LogP contribution >= 0.6 is 0 Å². The monoisotopic (exact) mass is 239 g/mol. The van der Waals surface area contributed by atoms with Gasteiger partial charge >= 0.3 is 12.3 Å². The third-order valence-electron chi connectivity index (χ3n) is 2.19. The molecule has 0 aliphatic carbocycles. The second-order valence-electron chi connectivity index (χ2n) is 3.61. The number of halogens is 4. The van der Waals surface area contributed by atoms with Gasteiger partial charge in [0.1, 0.15) is 0 Å². The maximum Gasteiger partial charge on any atom is 0.319 e. The molecule has 0 spiro atoms. The highest BCUT2D eigenvalue weighted by Gasteiger charge is 2.40. The van der Waals surface area contributed by atoms with E-state index < -0.39 is 24.9 Å². The van der Waals surface area contributed by atoms with Crippen molar-refractivity contribution in [2.75, 3.05) is 6.54 Å². The van der Waals surface area contributed by atoms with Crippen LogP contribution in [0.5, 0.6) is 0 Å². The molecule has 1 heterocycles. The highest BCUT2D eigenvalue weighted by Crippen LogP contribution is 2.22. The summed E-state index contributed by atoms with van der Waals surface area (Å²) in [5.41, 5.74) is 0.674. The van der Waals surface area contributed by atoms with Crippen LogP contribution in [0.4, 0.5) is 17.6 Å². The Bertz CT molecular complexity index is 337. The van der Waals surface area contributed by atoms with Crippen LogP contribution in [0.3, 0.4) is 0 Å². The van der Waals surface area contributed by atoms with Crippen LogP contribution in [0.25, 0.3) is 0 Å². The molecule has 0 aliphatic rings. The molecule has 3 nitrogen and oxygen atoms in total. The number of nitrogens with zero attached hydrogens (tertiary/aromatic N) is 2. The van der Waals surface area contributed by atoms with Gasteiger partial charge in [0.05, 0.1) is 12.7 Å². The molecular formula is C9H13F4N3. The molecule has 1 unspecified atom stereocenters. The molecule has 1 atom stereocenters. The maximum atomic E-state index is 12.6. The van der Waals surface area contributed by atoms with Crippen molar-refractivity contribution in [3.05, 3.63) is 18.0 Å². The van der Waals surface area contributed by atoms with Gasteiger partial charge in [-0.05, 0) is 6.92 Å². The molecule has 92 valence electrons. The van der Waals surface area contributed by atoms with Crippen molar-refractivity contribution in [3.63, 3.8) is 0 Å². The standard InChI is InChI=1S/C9H13F4N3/c1-6(7-3-15-16(2)4-7)14-5-9(12,13)8(10)11/h3-4,6,8,14H,5H2,1-2H3. The van der Waals surface area contributed by atoms with Crippen LogP contribution in [0, 0.1) is 0 Å². The minimum atomic E-state index is -4.00. The van der Waals surface area contributed by atoms with Crippen molar-refractivity contribution in [3.8, 4) is 0 Å². The summed E-state index contributed by atoms with van der Waals surface area (Å²) in [7, 11) is 1.68. The van der Waals surface area contributed by atoms with Crippen molar-refractivity contribution < 1.29 is 17.6 Å². The van der Waals surface area contributed by atoms with Crippen LogP contribution in [0.1, 0.15) is 18.5 Å². The van der Waals surface area contributed by atoms with Gasteiger partial charge in [-0.3, -0.25) is 4.68 Å². The lowest BCUT2D eigenvalue weighted by Gasteiger charge is -2.19. The smallest absolute Gasteiger partial charge is 0.304 e. The van der Waals surface area contributed by atoms with E-state index in [1.54, 1.807) is 20.2 Å². The summed E-state index contributed by atoms with van der Waals surface area (Å²) < 4.78 is 50.4. The average Bonchev–Trinajstić information content (AvgIpc) is 2.61. The van der Waals surface area contributed by atoms with E-state index in [1.165, 1.54) is 10.9 Å². The zero-order valence-corrected chi connectivity index (χ0v) is 8.92. The number of aryl methyl sites for hydroxylation is 1. The summed E-state index contributed by atoms with van der Waals surface area (Å²) in [5, 5.41) is 6.21. The molecule has 1 rings (SSSR count). The fraction of sp³-hybridized carbons (Fsp3) is 0.667. The van der Waals surface area contributed by atoms with Crippen LogP contribution < -0.4 is 5.32 Å². The summed E-state index contributed by atoms with van der Waals surface area (Å²) in [4.78, 5) is 0. The summed E-state index contributed by atoms with van der Waals surface area (Å²) in [5.74, 6) is -4.00. The number of nitrogens with one attached hydrogen (secondary N) is 1. The third-order valence-corrected chi connectivity index (χ3v) is 2.19. The summed E-state index contributed by atoms with van der Waals surface area (Å²) >= 11 is 0. The lowest BCUT2D eigenvalue weighted by Crippen LogP contribution is -2.39. The normalized spacial score (nSPS) is 14.4. The number of hydrogen-bond donors (Lipinski definition) is 1. The average molecular weight is 239 g/mol. The second kappa shape index (κ2) is 4.82. The lowest BCUT2D eigenvalue weighted by molar-refractivity contribution is -0.126. The molecule has 0 fully saturated rings. The number of aromatic nitrogens is 2. The molecule has 0 saturated heterocycles. The van der Waals surface area contributed by atoms with E-state index >= 15 is 0 Å². The molecule has 1 N–H and O–H groups in total. The highest BCUT2D eigenvalue weighted by atomic mass is 19.3. The SMILES string of the molecule is CC(NCC(F)(F)C(F)F)c1cnn(C)c1. The molecule has 0 amide bonds. The fourth-order valence-corrected chi connectivity index (χ4v) is 1.15. The summed E-state index contributed by atoms with van der Waals surface area (Å²) in [6.07, 6.45) is -0.516. The van der Waals surface area contributed by atoms with E-state index in [9.17, 15) is 17.6 Å². The van der Waals surface area contributed by atoms with Gasteiger partial charge < -0.3 is 5.32 Å². The Kier molecular flexibility index (Phi) is 3.90. The van der Waals surface area contributed by atoms with Gasteiger partial charge in [0, 0.05) is 24.8 Å². The Balaban J connectivity index is 2.50. The van der Waals surface area contributed by atoms with Crippen LogP contribution in [0.15, 0.2) is 12.4 Å². The molecule has 0 aromatic carbocycles. The molecule has 7 heteroatoms. The first kappa shape index (κ1) is 13.0. The van der Waals surface area contributed by atoms with E-state index in [0.29, 0.717) is 5.56 Å². The Morgan fingerprint density at radius 1 is 1.50 bits per heavy atom. The summed E-state index contributed by atoms with van der Waals surface area (Å²) in [6.45, 7) is 0.555. The van der Waals surface area contributed by atoms with Gasteiger partial charge in [0.2, 0.25) is 0 Å². The molecule has 16 heavy (non-hydrogen) atoms. The van der Waals surface area contributed by atoms with Crippen molar-refractivity contribution in [2.24, 2.45) is 7.05 Å². The van der Waals surface area contributed by atoms with Gasteiger partial charge in [-0.2, -0.15) is 13.9 Å². The van der Waals surface area contributed by atoms with Crippen molar-refractivity contribution >= 4 is 0 Å². The van der Waals surface area contributed by atoms with Gasteiger partial charge in [-0.25, -0.2) is 8.78 Å². The second-order valence-corrected chi connectivity index (χ2v) is 3.61. The van der Waals surface area contributed by atoms with E-state index in [4.69, 9.17) is 0 Å². The first-order chi connectivity index (χ1) is 7.33. The van der Waals surface area contributed by atoms with E-state index in [2.05, 4.69) is 10.4 Å². The van der Waals surface area contributed by atoms with Crippen molar-refractivity contribution in [1.82, 2.24) is 15.1 Å². The molecule has 0 radical (unpaired) electrons. The topological polar surface area (TPSA) is 29.9 Å². The van der Waals surface area contributed by atoms with Gasteiger partial charge in [0.15, 0.2) is 0 Å². The van der Waals surface area contributed by atoms with Crippen LogP contribution in [-0.2, 0) is 7.05 Å². The minimum Gasteiger partial charge on any atom is -0.304 e. The Morgan fingerprint density at radius 2 is 2.12 bits per heavy atom. The number of alkyl halides is 4. The maximum absolute atomic E-state index is 12.6. The zero-order chi connectivity index (χ0) is 12.3. The molecule has 0 aliphatic heterocycles. The van der Waals surface area contributed by atoms with E-state index in [1.807, 2.05) is 0 Å². The van der Waals surface area contributed by atoms with Crippen LogP contribution in [-0.4, -0.2) is 28.7 Å². The number of rotatable bonds is 5. The molecular weight excluding hydrogens is 226 g/mol. The first-order valence-corrected chi connectivity index (χ1v) is 4.71. The van der Waals surface area contributed by atoms with Gasteiger partial charge in [-0.1, -0.05) is 0 Å². The van der Waals surface area contributed by atoms with Crippen LogP contribution in [0.2, 0.25) is 0 Å². The van der Waals surface area contributed by atoms with E-state index in [-0.39, 0.29) is 0 Å². The molecule has 1 aromatic heterocycles. The molecule has 0 bridgehead atoms. The predicted octanol–water partition coefficient (Wildman–Crippen LogP) is 1.97. The van der Waals surface area contributed by atoms with Gasteiger partial charge in [-0.15, -0.1) is 0 Å². The predicted molar refractivity (Wildman–Crippen MR) is 50.6 cm³/mol. The van der Waals surface area contributed by atoms with Crippen molar-refractivity contribution in [1.29, 1.82) is 0 Å². The molecule has 0 saturated carbocycles. The molecule has 1 aromatic rings. The quantitative estimate of drug-likeness (QED) is 0.796. The third kappa shape index (κ3) is 3.19. The largest absolute Gasteiger partial charge is 0.319 e. The Hall–Kier alpha value is -1.11. The summed E-state index contributed by atoms with van der Waals surface area (Å²) in [6, 6.07) is -0.446.